The van der Waals surface area contributed by atoms with Crippen molar-refractivity contribution in [3.05, 3.63) is 41.0 Å². The summed E-state index contributed by atoms with van der Waals surface area (Å²) in [6.07, 6.45) is 1.83. The first-order chi connectivity index (χ1) is 8.68. The highest BCUT2D eigenvalue weighted by atomic mass is 35.5. The van der Waals surface area contributed by atoms with E-state index < -0.39 is 5.97 Å². The van der Waals surface area contributed by atoms with Crippen molar-refractivity contribution in [2.75, 3.05) is 6.54 Å². The highest BCUT2D eigenvalue weighted by Crippen LogP contribution is 2.24. The van der Waals surface area contributed by atoms with E-state index in [2.05, 4.69) is 10.3 Å². The van der Waals surface area contributed by atoms with E-state index >= 15 is 0 Å². The Morgan fingerprint density at radius 3 is 3.00 bits per heavy atom. The molecule has 1 aromatic heterocycles. The SMILES string of the molecule is O=C(O)CCNCc1ccc(Cl)c2cccnc12. The van der Waals surface area contributed by atoms with Crippen LogP contribution in [-0.2, 0) is 11.3 Å². The van der Waals surface area contributed by atoms with E-state index in [4.69, 9.17) is 16.7 Å². The number of fused-ring (bicyclic) bond motifs is 1. The number of aromatic nitrogens is 1. The molecule has 0 aliphatic rings. The molecule has 0 spiro atoms. The Bertz CT molecular complexity index is 572. The molecular formula is C13H13ClN2O2. The number of hydrogen-bond acceptors (Lipinski definition) is 3. The number of hydrogen-bond donors (Lipinski definition) is 2. The molecule has 0 saturated heterocycles. The number of nitrogens with zero attached hydrogens (tertiary/aromatic N) is 1. The molecule has 2 rings (SSSR count). The van der Waals surface area contributed by atoms with Crippen LogP contribution in [0.1, 0.15) is 12.0 Å². The predicted octanol–water partition coefficient (Wildman–Crippen LogP) is 2.45. The largest absolute Gasteiger partial charge is 0.481 e. The lowest BCUT2D eigenvalue weighted by molar-refractivity contribution is -0.136. The number of nitrogens with one attached hydrogen (secondary N) is 1. The van der Waals surface area contributed by atoms with Crippen molar-refractivity contribution >= 4 is 28.5 Å². The third-order valence-electron chi connectivity index (χ3n) is 2.63. The summed E-state index contributed by atoms with van der Waals surface area (Å²) in [5.41, 5.74) is 1.87. The highest BCUT2D eigenvalue weighted by Gasteiger charge is 2.05. The third-order valence-corrected chi connectivity index (χ3v) is 2.96. The van der Waals surface area contributed by atoms with Gasteiger partial charge in [0.1, 0.15) is 0 Å². The van der Waals surface area contributed by atoms with Crippen LogP contribution in [0.4, 0.5) is 0 Å². The predicted molar refractivity (Wildman–Crippen MR) is 70.7 cm³/mol. The molecular weight excluding hydrogens is 252 g/mol. The van der Waals surface area contributed by atoms with Gasteiger partial charge in [-0.1, -0.05) is 17.7 Å². The maximum absolute atomic E-state index is 10.4. The number of carboxylic acid groups (broad SMARTS) is 1. The maximum Gasteiger partial charge on any atom is 0.304 e. The Morgan fingerprint density at radius 2 is 2.22 bits per heavy atom. The molecule has 0 radical (unpaired) electrons. The first-order valence-corrected chi connectivity index (χ1v) is 6.01. The normalized spacial score (nSPS) is 10.7. The summed E-state index contributed by atoms with van der Waals surface area (Å²) < 4.78 is 0. The number of aliphatic carboxylic acids is 1. The van der Waals surface area contributed by atoms with Crippen molar-refractivity contribution in [3.63, 3.8) is 0 Å². The number of carboxylic acids is 1. The van der Waals surface area contributed by atoms with E-state index in [0.717, 1.165) is 16.5 Å². The summed E-state index contributed by atoms with van der Waals surface area (Å²) in [5.74, 6) is -0.804. The van der Waals surface area contributed by atoms with Crippen LogP contribution in [-0.4, -0.2) is 22.6 Å². The lowest BCUT2D eigenvalue weighted by Gasteiger charge is -2.07. The third kappa shape index (κ3) is 2.97. The molecule has 0 aliphatic heterocycles. The lowest BCUT2D eigenvalue weighted by Crippen LogP contribution is -2.17. The van der Waals surface area contributed by atoms with Gasteiger partial charge in [-0.2, -0.15) is 0 Å². The summed E-state index contributed by atoms with van der Waals surface area (Å²) >= 11 is 6.09. The Balaban J connectivity index is 2.14. The summed E-state index contributed by atoms with van der Waals surface area (Å²) in [7, 11) is 0. The van der Waals surface area contributed by atoms with Gasteiger partial charge in [0.25, 0.3) is 0 Å². The van der Waals surface area contributed by atoms with Crippen LogP contribution in [0.25, 0.3) is 10.9 Å². The Hall–Kier alpha value is -1.65. The van der Waals surface area contributed by atoms with Gasteiger partial charge in [-0.05, 0) is 23.8 Å². The van der Waals surface area contributed by atoms with Crippen LogP contribution in [0.2, 0.25) is 5.02 Å². The van der Waals surface area contributed by atoms with Crippen LogP contribution >= 0.6 is 11.6 Å². The van der Waals surface area contributed by atoms with Gasteiger partial charge in [0.05, 0.1) is 11.9 Å². The van der Waals surface area contributed by atoms with E-state index in [9.17, 15) is 4.79 Å². The number of carbonyl (C=O) groups is 1. The summed E-state index contributed by atoms with van der Waals surface area (Å²) in [5, 5.41) is 13.2. The minimum Gasteiger partial charge on any atom is -0.481 e. The molecule has 0 atom stereocenters. The summed E-state index contributed by atoms with van der Waals surface area (Å²) in [6, 6.07) is 7.51. The van der Waals surface area contributed by atoms with Gasteiger partial charge in [-0.3, -0.25) is 9.78 Å². The van der Waals surface area contributed by atoms with E-state index in [1.54, 1.807) is 6.20 Å². The maximum atomic E-state index is 10.4. The molecule has 0 bridgehead atoms. The van der Waals surface area contributed by atoms with Crippen LogP contribution in [0, 0.1) is 0 Å². The van der Waals surface area contributed by atoms with Gasteiger partial charge in [0.2, 0.25) is 0 Å². The zero-order valence-electron chi connectivity index (χ0n) is 9.69. The topological polar surface area (TPSA) is 62.2 Å². The zero-order valence-corrected chi connectivity index (χ0v) is 10.4. The molecule has 1 heterocycles. The Labute approximate surface area is 110 Å². The van der Waals surface area contributed by atoms with E-state index in [1.165, 1.54) is 0 Å². The monoisotopic (exact) mass is 264 g/mol. The minimum absolute atomic E-state index is 0.110. The first kappa shape index (κ1) is 12.8. The van der Waals surface area contributed by atoms with Gasteiger partial charge < -0.3 is 10.4 Å². The fourth-order valence-corrected chi connectivity index (χ4v) is 1.97. The van der Waals surface area contributed by atoms with Crippen molar-refractivity contribution < 1.29 is 9.90 Å². The summed E-state index contributed by atoms with van der Waals surface area (Å²) in [4.78, 5) is 14.7. The van der Waals surface area contributed by atoms with Gasteiger partial charge in [-0.15, -0.1) is 0 Å². The van der Waals surface area contributed by atoms with Gasteiger partial charge in [0.15, 0.2) is 0 Å². The molecule has 2 aromatic rings. The first-order valence-electron chi connectivity index (χ1n) is 5.63. The number of benzene rings is 1. The van der Waals surface area contributed by atoms with E-state index in [1.807, 2.05) is 24.3 Å². The van der Waals surface area contributed by atoms with Crippen LogP contribution in [0.5, 0.6) is 0 Å². The van der Waals surface area contributed by atoms with Crippen molar-refractivity contribution in [3.8, 4) is 0 Å². The van der Waals surface area contributed by atoms with Gasteiger partial charge in [0, 0.05) is 29.7 Å². The Kier molecular flexibility index (Phi) is 4.12. The molecule has 1 aromatic carbocycles. The average molecular weight is 265 g/mol. The van der Waals surface area contributed by atoms with Gasteiger partial charge >= 0.3 is 5.97 Å². The zero-order chi connectivity index (χ0) is 13.0. The van der Waals surface area contributed by atoms with E-state index in [-0.39, 0.29) is 6.42 Å². The minimum atomic E-state index is -0.804. The number of pyridine rings is 1. The van der Waals surface area contributed by atoms with Crippen molar-refractivity contribution in [1.29, 1.82) is 0 Å². The standard InChI is InChI=1S/C13H13ClN2O2/c14-11-4-3-9(8-15-7-5-12(17)18)13-10(11)2-1-6-16-13/h1-4,6,15H,5,7-8H2,(H,17,18). The average Bonchev–Trinajstić information content (AvgIpc) is 2.37. The molecule has 5 heteroatoms. The lowest BCUT2D eigenvalue weighted by atomic mass is 10.1. The van der Waals surface area contributed by atoms with Crippen LogP contribution in [0.3, 0.4) is 0 Å². The quantitative estimate of drug-likeness (QED) is 0.815. The Morgan fingerprint density at radius 1 is 1.39 bits per heavy atom. The molecule has 0 fully saturated rings. The second kappa shape index (κ2) is 5.80. The molecule has 94 valence electrons. The highest BCUT2D eigenvalue weighted by molar-refractivity contribution is 6.35. The molecule has 0 saturated carbocycles. The van der Waals surface area contributed by atoms with Crippen molar-refractivity contribution in [2.45, 2.75) is 13.0 Å². The van der Waals surface area contributed by atoms with Crippen LogP contribution < -0.4 is 5.32 Å². The molecule has 18 heavy (non-hydrogen) atoms. The molecule has 0 unspecified atom stereocenters. The van der Waals surface area contributed by atoms with E-state index in [0.29, 0.717) is 18.1 Å². The molecule has 4 nitrogen and oxygen atoms in total. The van der Waals surface area contributed by atoms with Crippen molar-refractivity contribution in [1.82, 2.24) is 10.3 Å². The summed E-state index contributed by atoms with van der Waals surface area (Å²) in [6.45, 7) is 1.02. The number of rotatable bonds is 5. The fourth-order valence-electron chi connectivity index (χ4n) is 1.76. The molecule has 0 amide bonds. The molecule has 0 aliphatic carbocycles. The fraction of sp³-hybridized carbons (Fsp3) is 0.231. The number of halogens is 1. The second-order valence-electron chi connectivity index (χ2n) is 3.93. The molecule has 2 N–H and O–H groups in total. The van der Waals surface area contributed by atoms with Gasteiger partial charge in [-0.25, -0.2) is 0 Å². The second-order valence-corrected chi connectivity index (χ2v) is 4.33. The smallest absolute Gasteiger partial charge is 0.304 e. The van der Waals surface area contributed by atoms with Crippen LogP contribution in [0.15, 0.2) is 30.5 Å². The van der Waals surface area contributed by atoms with Crippen molar-refractivity contribution in [2.24, 2.45) is 0 Å².